The summed E-state index contributed by atoms with van der Waals surface area (Å²) in [6.07, 6.45) is 1.27. The molecule has 0 radical (unpaired) electrons. The molecule has 2 rings (SSSR count). The molecule has 0 amide bonds. The summed E-state index contributed by atoms with van der Waals surface area (Å²) in [7, 11) is 2.00. The molecular formula is C14H25N3S. The van der Waals surface area contributed by atoms with Crippen molar-refractivity contribution in [2.24, 2.45) is 5.41 Å². The molecule has 3 nitrogen and oxygen atoms in total. The van der Waals surface area contributed by atoms with E-state index in [-0.39, 0.29) is 0 Å². The second-order valence-electron chi connectivity index (χ2n) is 6.33. The lowest BCUT2D eigenvalue weighted by Gasteiger charge is -2.18. The van der Waals surface area contributed by atoms with Crippen molar-refractivity contribution < 1.29 is 0 Å². The normalized spacial score (nSPS) is 18.9. The van der Waals surface area contributed by atoms with E-state index in [1.807, 2.05) is 18.4 Å². The zero-order chi connectivity index (χ0) is 13.3. The van der Waals surface area contributed by atoms with E-state index in [0.29, 0.717) is 11.3 Å². The van der Waals surface area contributed by atoms with Gasteiger partial charge in [-0.15, -0.1) is 11.3 Å². The molecule has 0 saturated carbocycles. The van der Waals surface area contributed by atoms with Gasteiger partial charge >= 0.3 is 0 Å². The summed E-state index contributed by atoms with van der Waals surface area (Å²) in [6.45, 7) is 12.4. The van der Waals surface area contributed by atoms with Crippen molar-refractivity contribution in [2.75, 3.05) is 25.0 Å². The Morgan fingerprint density at radius 1 is 1.44 bits per heavy atom. The summed E-state index contributed by atoms with van der Waals surface area (Å²) in [5.41, 5.74) is 1.71. The zero-order valence-corrected chi connectivity index (χ0v) is 13.0. The van der Waals surface area contributed by atoms with E-state index < -0.39 is 0 Å². The molecule has 0 atom stereocenters. The average Bonchev–Trinajstić information content (AvgIpc) is 2.82. The Bertz CT molecular complexity index is 409. The molecule has 4 heteroatoms. The van der Waals surface area contributed by atoms with Gasteiger partial charge in [-0.2, -0.15) is 0 Å². The molecule has 18 heavy (non-hydrogen) atoms. The second kappa shape index (κ2) is 5.17. The maximum Gasteiger partial charge on any atom is 0.185 e. The lowest BCUT2D eigenvalue weighted by molar-refractivity contribution is 0.418. The van der Waals surface area contributed by atoms with Gasteiger partial charge in [0.05, 0.1) is 5.69 Å². The highest BCUT2D eigenvalue weighted by atomic mass is 32.1. The molecule has 0 spiro atoms. The fourth-order valence-corrected chi connectivity index (χ4v) is 3.75. The predicted molar refractivity (Wildman–Crippen MR) is 79.6 cm³/mol. The molecule has 0 bridgehead atoms. The van der Waals surface area contributed by atoms with Crippen LogP contribution in [0.5, 0.6) is 0 Å². The van der Waals surface area contributed by atoms with Gasteiger partial charge in [-0.05, 0) is 24.8 Å². The Morgan fingerprint density at radius 3 is 2.67 bits per heavy atom. The number of anilines is 1. The third kappa shape index (κ3) is 2.86. The number of aromatic nitrogens is 1. The van der Waals surface area contributed by atoms with Gasteiger partial charge < -0.3 is 10.2 Å². The van der Waals surface area contributed by atoms with Crippen molar-refractivity contribution in [3.63, 3.8) is 0 Å². The molecule has 1 aliphatic heterocycles. The van der Waals surface area contributed by atoms with Gasteiger partial charge in [0.25, 0.3) is 0 Å². The topological polar surface area (TPSA) is 28.2 Å². The first-order valence-electron chi connectivity index (χ1n) is 6.82. The molecule has 102 valence electrons. The Kier molecular flexibility index (Phi) is 3.97. The fraction of sp³-hybridized carbons (Fsp3) is 0.786. The minimum Gasteiger partial charge on any atom is -0.348 e. The molecule has 1 fully saturated rings. The summed E-state index contributed by atoms with van der Waals surface area (Å²) in [4.78, 5) is 8.73. The van der Waals surface area contributed by atoms with Crippen LogP contribution in [0.4, 0.5) is 5.13 Å². The van der Waals surface area contributed by atoms with E-state index in [1.165, 1.54) is 22.1 Å². The lowest BCUT2D eigenvalue weighted by atomic mass is 9.93. The van der Waals surface area contributed by atoms with Crippen LogP contribution in [0, 0.1) is 5.41 Å². The highest BCUT2D eigenvalue weighted by Crippen LogP contribution is 2.37. The minimum atomic E-state index is 0.437. The number of thiazole rings is 1. The highest BCUT2D eigenvalue weighted by Gasteiger charge is 2.31. The van der Waals surface area contributed by atoms with Crippen LogP contribution in [0.2, 0.25) is 0 Å². The van der Waals surface area contributed by atoms with Gasteiger partial charge in [-0.3, -0.25) is 0 Å². The SMILES string of the molecule is CNCc1sc(N2CCC(C)(C)C2)nc1C(C)C. The van der Waals surface area contributed by atoms with Crippen LogP contribution in [0.3, 0.4) is 0 Å². The molecule has 0 aromatic carbocycles. The summed E-state index contributed by atoms with van der Waals surface area (Å²) in [5, 5.41) is 4.47. The van der Waals surface area contributed by atoms with Crippen molar-refractivity contribution in [1.29, 1.82) is 0 Å². The van der Waals surface area contributed by atoms with Crippen LogP contribution in [0.1, 0.15) is 50.6 Å². The van der Waals surface area contributed by atoms with Crippen molar-refractivity contribution in [3.8, 4) is 0 Å². The van der Waals surface area contributed by atoms with Crippen LogP contribution >= 0.6 is 11.3 Å². The van der Waals surface area contributed by atoms with Crippen LogP contribution in [0.15, 0.2) is 0 Å². The van der Waals surface area contributed by atoms with Crippen LogP contribution in [0.25, 0.3) is 0 Å². The predicted octanol–water partition coefficient (Wildman–Crippen LogP) is 3.22. The Hall–Kier alpha value is -0.610. The van der Waals surface area contributed by atoms with Gasteiger partial charge in [-0.1, -0.05) is 27.7 Å². The highest BCUT2D eigenvalue weighted by molar-refractivity contribution is 7.15. The van der Waals surface area contributed by atoms with Crippen molar-refractivity contribution >= 4 is 16.5 Å². The van der Waals surface area contributed by atoms with E-state index >= 15 is 0 Å². The third-order valence-corrected chi connectivity index (χ3v) is 4.68. The first-order valence-corrected chi connectivity index (χ1v) is 7.64. The largest absolute Gasteiger partial charge is 0.348 e. The quantitative estimate of drug-likeness (QED) is 0.908. The molecule has 1 aliphatic rings. The number of nitrogens with one attached hydrogen (secondary N) is 1. The maximum absolute atomic E-state index is 4.88. The number of hydrogen-bond donors (Lipinski definition) is 1. The van der Waals surface area contributed by atoms with E-state index in [2.05, 4.69) is 37.9 Å². The molecule has 0 aliphatic carbocycles. The molecule has 1 saturated heterocycles. The first kappa shape index (κ1) is 13.8. The average molecular weight is 267 g/mol. The van der Waals surface area contributed by atoms with E-state index in [9.17, 15) is 0 Å². The minimum absolute atomic E-state index is 0.437. The Balaban J connectivity index is 2.21. The van der Waals surface area contributed by atoms with Gasteiger partial charge in [0.15, 0.2) is 5.13 Å². The molecule has 1 N–H and O–H groups in total. The lowest BCUT2D eigenvalue weighted by Crippen LogP contribution is -2.22. The molecular weight excluding hydrogens is 242 g/mol. The second-order valence-corrected chi connectivity index (χ2v) is 7.39. The summed E-state index contributed by atoms with van der Waals surface area (Å²) >= 11 is 1.86. The number of nitrogens with zero attached hydrogens (tertiary/aromatic N) is 2. The van der Waals surface area contributed by atoms with Crippen LogP contribution < -0.4 is 10.2 Å². The molecule has 1 aromatic rings. The van der Waals surface area contributed by atoms with Crippen LogP contribution in [-0.2, 0) is 6.54 Å². The fourth-order valence-electron chi connectivity index (χ4n) is 2.50. The maximum atomic E-state index is 4.88. The smallest absolute Gasteiger partial charge is 0.185 e. The number of rotatable bonds is 4. The zero-order valence-electron chi connectivity index (χ0n) is 12.2. The summed E-state index contributed by atoms with van der Waals surface area (Å²) < 4.78 is 0. The summed E-state index contributed by atoms with van der Waals surface area (Å²) in [6, 6.07) is 0. The van der Waals surface area contributed by atoms with Crippen molar-refractivity contribution in [2.45, 2.75) is 46.6 Å². The van der Waals surface area contributed by atoms with Crippen LogP contribution in [-0.4, -0.2) is 25.1 Å². The first-order chi connectivity index (χ1) is 8.43. The molecule has 2 heterocycles. The van der Waals surface area contributed by atoms with Crippen molar-refractivity contribution in [3.05, 3.63) is 10.6 Å². The van der Waals surface area contributed by atoms with Gasteiger partial charge in [0.2, 0.25) is 0 Å². The molecule has 1 aromatic heterocycles. The van der Waals surface area contributed by atoms with Gasteiger partial charge in [-0.25, -0.2) is 4.98 Å². The summed E-state index contributed by atoms with van der Waals surface area (Å²) in [5.74, 6) is 0.508. The standard InChI is InChI=1S/C14H25N3S/c1-10(2)12-11(8-15-5)18-13(16-12)17-7-6-14(3,4)9-17/h10,15H,6-9H2,1-5H3. The van der Waals surface area contributed by atoms with E-state index in [4.69, 9.17) is 4.98 Å². The van der Waals surface area contributed by atoms with E-state index in [0.717, 1.165) is 19.6 Å². The Morgan fingerprint density at radius 2 is 2.17 bits per heavy atom. The number of hydrogen-bond acceptors (Lipinski definition) is 4. The Labute approximate surface area is 115 Å². The van der Waals surface area contributed by atoms with E-state index in [1.54, 1.807) is 0 Å². The van der Waals surface area contributed by atoms with Crippen molar-refractivity contribution in [1.82, 2.24) is 10.3 Å². The van der Waals surface area contributed by atoms with Gasteiger partial charge in [0.1, 0.15) is 0 Å². The third-order valence-electron chi connectivity index (χ3n) is 3.55. The van der Waals surface area contributed by atoms with Gasteiger partial charge in [0, 0.05) is 24.5 Å². The molecule has 0 unspecified atom stereocenters. The monoisotopic (exact) mass is 267 g/mol.